The van der Waals surface area contributed by atoms with Crippen molar-refractivity contribution < 1.29 is 0 Å². The van der Waals surface area contributed by atoms with E-state index in [0.29, 0.717) is 12.1 Å². The number of benzene rings is 1. The Hall–Kier alpha value is -0.860. The number of fused-ring (bicyclic) bond motifs is 1. The second kappa shape index (κ2) is 6.73. The van der Waals surface area contributed by atoms with E-state index < -0.39 is 0 Å². The first-order chi connectivity index (χ1) is 9.84. The highest BCUT2D eigenvalue weighted by molar-refractivity contribution is 5.31. The summed E-state index contributed by atoms with van der Waals surface area (Å²) < 4.78 is 0. The summed E-state index contributed by atoms with van der Waals surface area (Å²) in [7, 11) is 0. The molecule has 0 spiro atoms. The highest BCUT2D eigenvalue weighted by Crippen LogP contribution is 2.29. The maximum absolute atomic E-state index is 4.00. The van der Waals surface area contributed by atoms with Crippen LogP contribution in [0.4, 0.5) is 0 Å². The number of nitrogens with one attached hydrogen (secondary N) is 2. The lowest BCUT2D eigenvalue weighted by Gasteiger charge is -2.29. The summed E-state index contributed by atoms with van der Waals surface area (Å²) in [6.07, 6.45) is 8.19. The van der Waals surface area contributed by atoms with Gasteiger partial charge in [-0.15, -0.1) is 0 Å². The van der Waals surface area contributed by atoms with E-state index in [4.69, 9.17) is 0 Å². The lowest BCUT2D eigenvalue weighted by molar-refractivity contribution is 0.315. The molecule has 0 aromatic heterocycles. The van der Waals surface area contributed by atoms with Crippen LogP contribution < -0.4 is 10.6 Å². The molecular weight excluding hydrogens is 244 g/mol. The molecule has 3 rings (SSSR count). The minimum absolute atomic E-state index is 0.534. The van der Waals surface area contributed by atoms with Crippen molar-refractivity contribution >= 4 is 0 Å². The van der Waals surface area contributed by atoms with Crippen molar-refractivity contribution in [1.29, 1.82) is 0 Å². The molecule has 1 heterocycles. The molecule has 1 aliphatic carbocycles. The van der Waals surface area contributed by atoms with Gasteiger partial charge in [0.25, 0.3) is 0 Å². The Bertz CT molecular complexity index is 429. The van der Waals surface area contributed by atoms with Gasteiger partial charge in [0, 0.05) is 18.6 Å². The van der Waals surface area contributed by atoms with Crippen molar-refractivity contribution in [3.8, 4) is 0 Å². The van der Waals surface area contributed by atoms with Gasteiger partial charge >= 0.3 is 0 Å². The smallest absolute Gasteiger partial charge is 0.0338 e. The highest BCUT2D eigenvalue weighted by Gasteiger charge is 2.25. The molecule has 2 nitrogen and oxygen atoms in total. The van der Waals surface area contributed by atoms with Crippen LogP contribution in [0, 0.1) is 5.92 Å². The average Bonchev–Trinajstić information content (AvgIpc) is 2.79. The van der Waals surface area contributed by atoms with E-state index in [2.05, 4.69) is 41.8 Å². The van der Waals surface area contributed by atoms with Crippen LogP contribution in [0.3, 0.4) is 0 Å². The zero-order chi connectivity index (χ0) is 13.8. The van der Waals surface area contributed by atoms with E-state index in [1.165, 1.54) is 49.7 Å². The number of hydrogen-bond donors (Lipinski definition) is 2. The molecule has 110 valence electrons. The van der Waals surface area contributed by atoms with Crippen molar-refractivity contribution in [2.75, 3.05) is 6.54 Å². The van der Waals surface area contributed by atoms with Crippen LogP contribution in [0.1, 0.15) is 62.6 Å². The van der Waals surface area contributed by atoms with Crippen LogP contribution in [0.5, 0.6) is 0 Å². The highest BCUT2D eigenvalue weighted by atomic mass is 15.0. The topological polar surface area (TPSA) is 24.1 Å². The van der Waals surface area contributed by atoms with Gasteiger partial charge in [-0.3, -0.25) is 0 Å². The molecule has 0 bridgehead atoms. The van der Waals surface area contributed by atoms with Gasteiger partial charge in [0.05, 0.1) is 0 Å². The summed E-state index contributed by atoms with van der Waals surface area (Å²) in [6, 6.07) is 10.2. The Kier molecular flexibility index (Phi) is 4.74. The first-order valence-corrected chi connectivity index (χ1v) is 8.39. The van der Waals surface area contributed by atoms with Crippen LogP contribution >= 0.6 is 0 Å². The Labute approximate surface area is 123 Å². The third-order valence-corrected chi connectivity index (χ3v) is 5.13. The zero-order valence-electron chi connectivity index (χ0n) is 12.7. The monoisotopic (exact) mass is 272 g/mol. The van der Waals surface area contributed by atoms with Gasteiger partial charge in [0.2, 0.25) is 0 Å². The van der Waals surface area contributed by atoms with Crippen LogP contribution in [-0.2, 0) is 6.54 Å². The maximum Gasteiger partial charge on any atom is 0.0338 e. The van der Waals surface area contributed by atoms with E-state index in [0.717, 1.165) is 19.0 Å². The molecule has 20 heavy (non-hydrogen) atoms. The van der Waals surface area contributed by atoms with Crippen molar-refractivity contribution in [1.82, 2.24) is 10.6 Å². The van der Waals surface area contributed by atoms with Gasteiger partial charge in [-0.05, 0) is 42.9 Å². The molecule has 2 aliphatic rings. The molecule has 2 N–H and O–H groups in total. The molecule has 1 aromatic carbocycles. The van der Waals surface area contributed by atoms with Gasteiger partial charge in [0.1, 0.15) is 0 Å². The van der Waals surface area contributed by atoms with E-state index in [1.54, 1.807) is 0 Å². The van der Waals surface area contributed by atoms with E-state index in [-0.39, 0.29) is 0 Å². The summed E-state index contributed by atoms with van der Waals surface area (Å²) >= 11 is 0. The van der Waals surface area contributed by atoms with Gasteiger partial charge < -0.3 is 10.6 Å². The van der Waals surface area contributed by atoms with Crippen molar-refractivity contribution in [3.63, 3.8) is 0 Å². The molecule has 3 atom stereocenters. The van der Waals surface area contributed by atoms with E-state index >= 15 is 0 Å². The van der Waals surface area contributed by atoms with Gasteiger partial charge in [-0.25, -0.2) is 0 Å². The minimum atomic E-state index is 0.534. The van der Waals surface area contributed by atoms with Crippen molar-refractivity contribution in [2.24, 2.45) is 5.92 Å². The molecule has 1 saturated carbocycles. The predicted octanol–water partition coefficient (Wildman–Crippen LogP) is 3.78. The third kappa shape index (κ3) is 3.24. The second-order valence-corrected chi connectivity index (χ2v) is 6.61. The number of rotatable bonds is 2. The molecule has 0 saturated heterocycles. The number of hydrogen-bond acceptors (Lipinski definition) is 2. The molecule has 3 unspecified atom stereocenters. The van der Waals surface area contributed by atoms with E-state index in [1.807, 2.05) is 0 Å². The van der Waals surface area contributed by atoms with Crippen molar-refractivity contribution in [2.45, 2.75) is 64.1 Å². The van der Waals surface area contributed by atoms with Crippen LogP contribution in [0.15, 0.2) is 24.3 Å². The molecule has 1 aromatic rings. The summed E-state index contributed by atoms with van der Waals surface area (Å²) in [4.78, 5) is 0. The molecular formula is C18H28N2. The normalized spacial score (nSPS) is 31.1. The maximum atomic E-state index is 4.00. The summed E-state index contributed by atoms with van der Waals surface area (Å²) in [5, 5.41) is 7.56. The van der Waals surface area contributed by atoms with Gasteiger partial charge in [0.15, 0.2) is 0 Å². The molecule has 1 aliphatic heterocycles. The quantitative estimate of drug-likeness (QED) is 0.801. The van der Waals surface area contributed by atoms with Crippen molar-refractivity contribution in [3.05, 3.63) is 35.4 Å². The largest absolute Gasteiger partial charge is 0.313 e. The Balaban J connectivity index is 1.75. The van der Waals surface area contributed by atoms with E-state index in [9.17, 15) is 0 Å². The summed E-state index contributed by atoms with van der Waals surface area (Å²) in [6.45, 7) is 4.58. The van der Waals surface area contributed by atoms with Gasteiger partial charge in [-0.2, -0.15) is 0 Å². The third-order valence-electron chi connectivity index (χ3n) is 5.13. The first-order valence-electron chi connectivity index (χ1n) is 8.39. The average molecular weight is 272 g/mol. The summed E-state index contributed by atoms with van der Waals surface area (Å²) in [5.41, 5.74) is 3.00. The molecule has 0 amide bonds. The van der Waals surface area contributed by atoms with Crippen LogP contribution in [0.2, 0.25) is 0 Å². The molecule has 2 heteroatoms. The Morgan fingerprint density at radius 1 is 1.05 bits per heavy atom. The molecule has 1 fully saturated rings. The fourth-order valence-electron chi connectivity index (χ4n) is 3.83. The SMILES string of the molecule is CC1CCCCCC1NC1CCNCc2ccccc21. The summed E-state index contributed by atoms with van der Waals surface area (Å²) in [5.74, 6) is 0.820. The lowest BCUT2D eigenvalue weighted by atomic mass is 9.93. The van der Waals surface area contributed by atoms with Crippen LogP contribution in [-0.4, -0.2) is 12.6 Å². The fraction of sp³-hybridized carbons (Fsp3) is 0.667. The Morgan fingerprint density at radius 3 is 2.85 bits per heavy atom. The second-order valence-electron chi connectivity index (χ2n) is 6.61. The predicted molar refractivity (Wildman–Crippen MR) is 84.7 cm³/mol. The first kappa shape index (κ1) is 14.1. The zero-order valence-corrected chi connectivity index (χ0v) is 12.7. The standard InChI is InChI=1S/C18H28N2/c1-14-7-3-2-4-10-17(14)20-18-11-12-19-13-15-8-5-6-9-16(15)18/h5-6,8-9,14,17-20H,2-4,7,10-13H2,1H3. The van der Waals surface area contributed by atoms with Gasteiger partial charge in [-0.1, -0.05) is 50.5 Å². The Morgan fingerprint density at radius 2 is 1.90 bits per heavy atom. The fourth-order valence-corrected chi connectivity index (χ4v) is 3.83. The van der Waals surface area contributed by atoms with Crippen LogP contribution in [0.25, 0.3) is 0 Å². The minimum Gasteiger partial charge on any atom is -0.313 e. The lowest BCUT2D eigenvalue weighted by Crippen LogP contribution is -2.37. The molecule has 0 radical (unpaired) electrons.